The Balaban J connectivity index is 4.43. The maximum atomic E-state index is 12.8. The fourth-order valence-electron chi connectivity index (χ4n) is 7.81. The molecule has 0 N–H and O–H groups in total. The van der Waals surface area contributed by atoms with Crippen LogP contribution in [0.15, 0.2) is 72.9 Å². The normalized spacial score (nSPS) is 12.6. The highest BCUT2D eigenvalue weighted by Crippen LogP contribution is 2.16. The van der Waals surface area contributed by atoms with Crippen molar-refractivity contribution in [3.05, 3.63) is 72.9 Å². The first-order valence-electron chi connectivity index (χ1n) is 28.0. The molecule has 0 radical (unpaired) electrons. The van der Waals surface area contributed by atoms with Crippen molar-refractivity contribution in [3.8, 4) is 0 Å². The van der Waals surface area contributed by atoms with Gasteiger partial charge < -0.3 is 14.2 Å². The molecule has 380 valence electrons. The average Bonchev–Trinajstić information content (AvgIpc) is 3.31. The molecule has 0 rings (SSSR count). The molecular weight excluding hydrogens is 817 g/mol. The number of hydrogen-bond acceptors (Lipinski definition) is 6. The summed E-state index contributed by atoms with van der Waals surface area (Å²) >= 11 is 0. The van der Waals surface area contributed by atoms with Crippen LogP contribution in [-0.4, -0.2) is 37.2 Å². The van der Waals surface area contributed by atoms with E-state index in [0.717, 1.165) is 109 Å². The minimum absolute atomic E-state index is 0.0916. The molecule has 0 bridgehead atoms. The molecule has 0 aliphatic heterocycles. The zero-order valence-electron chi connectivity index (χ0n) is 43.4. The van der Waals surface area contributed by atoms with E-state index in [4.69, 9.17) is 14.2 Å². The lowest BCUT2D eigenvalue weighted by Crippen LogP contribution is -2.30. The van der Waals surface area contributed by atoms with Gasteiger partial charge >= 0.3 is 17.9 Å². The summed E-state index contributed by atoms with van der Waals surface area (Å²) in [7, 11) is 0. The molecule has 1 atom stereocenters. The third-order valence-electron chi connectivity index (χ3n) is 12.0. The minimum Gasteiger partial charge on any atom is -0.462 e. The molecule has 0 spiro atoms. The Morgan fingerprint density at radius 2 is 0.652 bits per heavy atom. The molecule has 6 nitrogen and oxygen atoms in total. The van der Waals surface area contributed by atoms with Gasteiger partial charge in [-0.25, -0.2) is 0 Å². The van der Waals surface area contributed by atoms with Crippen LogP contribution in [0.25, 0.3) is 0 Å². The average molecular weight is 921 g/mol. The Morgan fingerprint density at radius 3 is 1.05 bits per heavy atom. The zero-order chi connectivity index (χ0) is 47.9. The van der Waals surface area contributed by atoms with E-state index < -0.39 is 6.10 Å². The number of carbonyl (C=O) groups excluding carboxylic acids is 3. The highest BCUT2D eigenvalue weighted by molar-refractivity contribution is 5.71. The van der Waals surface area contributed by atoms with E-state index >= 15 is 0 Å². The molecule has 0 fully saturated rings. The summed E-state index contributed by atoms with van der Waals surface area (Å²) in [4.78, 5) is 38.1. The molecule has 0 aromatic heterocycles. The summed E-state index contributed by atoms with van der Waals surface area (Å²) in [6.45, 7) is 6.49. The summed E-state index contributed by atoms with van der Waals surface area (Å²) < 4.78 is 16.8. The number of rotatable bonds is 50. The smallest absolute Gasteiger partial charge is 0.306 e. The van der Waals surface area contributed by atoms with E-state index in [-0.39, 0.29) is 31.1 Å². The van der Waals surface area contributed by atoms with Crippen molar-refractivity contribution in [3.63, 3.8) is 0 Å². The Morgan fingerprint density at radius 1 is 0.333 bits per heavy atom. The van der Waals surface area contributed by atoms with Gasteiger partial charge in [0.05, 0.1) is 0 Å². The second-order valence-corrected chi connectivity index (χ2v) is 18.5. The molecule has 0 heterocycles. The van der Waals surface area contributed by atoms with Gasteiger partial charge in [-0.05, 0) is 77.0 Å². The Labute approximate surface area is 408 Å². The highest BCUT2D eigenvalue weighted by Gasteiger charge is 2.19. The van der Waals surface area contributed by atoms with Crippen LogP contribution in [0.1, 0.15) is 271 Å². The Hall–Kier alpha value is -3.15. The number of hydrogen-bond donors (Lipinski definition) is 0. The number of allylic oxidation sites excluding steroid dienone is 12. The molecular formula is C60H104O6. The van der Waals surface area contributed by atoms with Crippen LogP contribution in [0.3, 0.4) is 0 Å². The highest BCUT2D eigenvalue weighted by atomic mass is 16.6. The summed E-state index contributed by atoms with van der Waals surface area (Å²) in [5.74, 6) is -0.923. The van der Waals surface area contributed by atoms with Gasteiger partial charge in [0.2, 0.25) is 0 Å². The lowest BCUT2D eigenvalue weighted by molar-refractivity contribution is -0.167. The van der Waals surface area contributed by atoms with E-state index in [9.17, 15) is 14.4 Å². The van der Waals surface area contributed by atoms with Crippen molar-refractivity contribution < 1.29 is 28.6 Å². The minimum atomic E-state index is -0.792. The van der Waals surface area contributed by atoms with Crippen molar-refractivity contribution in [2.24, 2.45) is 0 Å². The van der Waals surface area contributed by atoms with Crippen molar-refractivity contribution >= 4 is 17.9 Å². The fraction of sp³-hybridized carbons (Fsp3) is 0.750. The molecule has 0 aromatic carbocycles. The zero-order valence-corrected chi connectivity index (χ0v) is 43.4. The van der Waals surface area contributed by atoms with E-state index in [1.54, 1.807) is 0 Å². The van der Waals surface area contributed by atoms with Gasteiger partial charge in [0.1, 0.15) is 13.2 Å². The van der Waals surface area contributed by atoms with E-state index in [1.165, 1.54) is 122 Å². The van der Waals surface area contributed by atoms with Crippen LogP contribution in [0.4, 0.5) is 0 Å². The maximum Gasteiger partial charge on any atom is 0.306 e. The summed E-state index contributed by atoms with van der Waals surface area (Å²) in [5, 5.41) is 0. The van der Waals surface area contributed by atoms with Crippen molar-refractivity contribution in [2.45, 2.75) is 277 Å². The SMILES string of the molecule is CC/C=C\C/C=C\C/C=C\CCCCCCC(=O)OCC(COC(=O)CCCCCCC\C=C/C=C\C=C/CCCCCCC)OC(=O)CCCCCCCCCCCCCCCCCC. The van der Waals surface area contributed by atoms with Crippen molar-refractivity contribution in [1.82, 2.24) is 0 Å². The maximum absolute atomic E-state index is 12.8. The molecule has 6 heteroatoms. The first kappa shape index (κ1) is 62.8. The lowest BCUT2D eigenvalue weighted by Gasteiger charge is -2.18. The van der Waals surface area contributed by atoms with Crippen LogP contribution in [0.2, 0.25) is 0 Å². The lowest BCUT2D eigenvalue weighted by atomic mass is 10.0. The predicted octanol–water partition coefficient (Wildman–Crippen LogP) is 18.6. The molecule has 0 amide bonds. The first-order valence-corrected chi connectivity index (χ1v) is 28.0. The van der Waals surface area contributed by atoms with Gasteiger partial charge in [-0.2, -0.15) is 0 Å². The largest absolute Gasteiger partial charge is 0.462 e. The number of unbranched alkanes of at least 4 members (excludes halogenated alkanes) is 29. The molecule has 1 unspecified atom stereocenters. The van der Waals surface area contributed by atoms with Gasteiger partial charge in [-0.3, -0.25) is 14.4 Å². The quantitative estimate of drug-likeness (QED) is 0.0199. The Bertz CT molecular complexity index is 1240. The molecule has 0 aliphatic rings. The molecule has 0 saturated heterocycles. The van der Waals surface area contributed by atoms with Crippen molar-refractivity contribution in [2.75, 3.05) is 13.2 Å². The van der Waals surface area contributed by atoms with Gasteiger partial charge in [-0.1, -0.05) is 248 Å². The number of ether oxygens (including phenoxy) is 3. The van der Waals surface area contributed by atoms with Crippen LogP contribution in [0, 0.1) is 0 Å². The molecule has 0 saturated carbocycles. The summed E-state index contributed by atoms with van der Waals surface area (Å²) in [5.41, 5.74) is 0. The van der Waals surface area contributed by atoms with E-state index in [1.807, 2.05) is 0 Å². The van der Waals surface area contributed by atoms with E-state index in [2.05, 4.69) is 93.7 Å². The second-order valence-electron chi connectivity index (χ2n) is 18.5. The van der Waals surface area contributed by atoms with E-state index in [0.29, 0.717) is 19.3 Å². The van der Waals surface area contributed by atoms with Gasteiger partial charge in [0, 0.05) is 19.3 Å². The second kappa shape index (κ2) is 54.5. The van der Waals surface area contributed by atoms with Crippen LogP contribution in [0.5, 0.6) is 0 Å². The standard InChI is InChI=1S/C60H104O6/c1-4-7-10-13-16-19-22-25-28-30-31-33-35-38-41-44-47-50-53-59(62)65-56-57(55-64-58(61)52-49-46-43-40-37-34-27-24-21-18-15-12-9-6-3)66-60(63)54-51-48-45-42-39-36-32-29-26-23-20-17-14-11-8-5-2/h9,12,18,21-22,25,27-28,30-31,33-34,57H,4-8,10-11,13-17,19-20,23-24,26,29,32,35-56H2,1-3H3/b12-9-,21-18-,25-22-,30-28-,33-31-,34-27-. The first-order chi connectivity index (χ1) is 32.5. The third kappa shape index (κ3) is 51.8. The number of esters is 3. The molecule has 0 aromatic rings. The summed E-state index contributed by atoms with van der Waals surface area (Å²) in [6.07, 6.45) is 68.8. The predicted molar refractivity (Wildman–Crippen MR) is 284 cm³/mol. The van der Waals surface area contributed by atoms with Crippen LogP contribution >= 0.6 is 0 Å². The summed E-state index contributed by atoms with van der Waals surface area (Å²) in [6, 6.07) is 0. The van der Waals surface area contributed by atoms with Crippen LogP contribution < -0.4 is 0 Å². The monoisotopic (exact) mass is 921 g/mol. The third-order valence-corrected chi connectivity index (χ3v) is 12.0. The fourth-order valence-corrected chi connectivity index (χ4v) is 7.81. The van der Waals surface area contributed by atoms with Crippen molar-refractivity contribution in [1.29, 1.82) is 0 Å². The van der Waals surface area contributed by atoms with Gasteiger partial charge in [0.15, 0.2) is 6.10 Å². The van der Waals surface area contributed by atoms with Gasteiger partial charge in [-0.15, -0.1) is 0 Å². The van der Waals surface area contributed by atoms with Gasteiger partial charge in [0.25, 0.3) is 0 Å². The Kier molecular flexibility index (Phi) is 51.9. The van der Waals surface area contributed by atoms with Crippen LogP contribution in [-0.2, 0) is 28.6 Å². The molecule has 0 aliphatic carbocycles. The topological polar surface area (TPSA) is 78.9 Å². The number of carbonyl (C=O) groups is 3. The molecule has 66 heavy (non-hydrogen) atoms.